The average molecular weight is 417 g/mol. The molecule has 0 radical (unpaired) electrons. The zero-order valence-corrected chi connectivity index (χ0v) is 17.8. The molecule has 2 amide bonds. The molecule has 27 heavy (non-hydrogen) atoms. The van der Waals surface area contributed by atoms with Crippen LogP contribution < -0.4 is 5.32 Å². The van der Waals surface area contributed by atoms with Gasteiger partial charge in [-0.15, -0.1) is 0 Å². The van der Waals surface area contributed by atoms with E-state index in [4.69, 9.17) is 27.9 Å². The molecule has 0 spiro atoms. The molecule has 0 saturated carbocycles. The van der Waals surface area contributed by atoms with Crippen LogP contribution in [0.1, 0.15) is 50.9 Å². The summed E-state index contributed by atoms with van der Waals surface area (Å²) in [6.07, 6.45) is 0.686. The molecule has 1 atom stereocenters. The van der Waals surface area contributed by atoms with Crippen molar-refractivity contribution in [1.29, 1.82) is 0 Å². The van der Waals surface area contributed by atoms with Gasteiger partial charge in [0, 0.05) is 20.0 Å². The molecule has 1 N–H and O–H groups in total. The summed E-state index contributed by atoms with van der Waals surface area (Å²) in [6, 6.07) is 3.97. The van der Waals surface area contributed by atoms with E-state index in [-0.39, 0.29) is 33.9 Å². The van der Waals surface area contributed by atoms with Crippen LogP contribution in [0.4, 0.5) is 0 Å². The van der Waals surface area contributed by atoms with E-state index in [0.717, 1.165) is 0 Å². The minimum Gasteiger partial charge on any atom is -0.460 e. The van der Waals surface area contributed by atoms with Crippen molar-refractivity contribution in [3.8, 4) is 0 Å². The molecule has 0 fully saturated rings. The minimum absolute atomic E-state index is 0.141. The van der Waals surface area contributed by atoms with E-state index >= 15 is 0 Å². The third-order valence-electron chi connectivity index (χ3n) is 3.58. The van der Waals surface area contributed by atoms with Crippen molar-refractivity contribution in [3.63, 3.8) is 0 Å². The van der Waals surface area contributed by atoms with Gasteiger partial charge in [-0.25, -0.2) is 0 Å². The number of nitrogens with zero attached hydrogens (tertiary/aromatic N) is 1. The number of nitrogens with one attached hydrogen (secondary N) is 1. The molecule has 0 bridgehead atoms. The van der Waals surface area contributed by atoms with Crippen molar-refractivity contribution >= 4 is 41.0 Å². The maximum absolute atomic E-state index is 12.4. The summed E-state index contributed by atoms with van der Waals surface area (Å²) in [6.45, 7) is 7.37. The fraction of sp³-hybridized carbons (Fsp3) is 0.526. The van der Waals surface area contributed by atoms with Gasteiger partial charge in [-0.2, -0.15) is 0 Å². The van der Waals surface area contributed by atoms with Crippen LogP contribution in [0.2, 0.25) is 10.0 Å². The molecule has 1 aromatic carbocycles. The Morgan fingerprint density at radius 1 is 1.22 bits per heavy atom. The van der Waals surface area contributed by atoms with Gasteiger partial charge in [0.1, 0.15) is 11.6 Å². The molecular formula is C19H26Cl2N2O4. The highest BCUT2D eigenvalue weighted by molar-refractivity contribution is 6.43. The molecule has 8 heteroatoms. The first-order valence-corrected chi connectivity index (χ1v) is 9.39. The predicted octanol–water partition coefficient (Wildman–Crippen LogP) is 3.69. The van der Waals surface area contributed by atoms with Crippen LogP contribution in [0.25, 0.3) is 0 Å². The van der Waals surface area contributed by atoms with Crippen molar-refractivity contribution in [2.24, 2.45) is 0 Å². The largest absolute Gasteiger partial charge is 0.460 e. The van der Waals surface area contributed by atoms with Crippen LogP contribution in [0.3, 0.4) is 0 Å². The van der Waals surface area contributed by atoms with Crippen molar-refractivity contribution in [1.82, 2.24) is 10.2 Å². The van der Waals surface area contributed by atoms with E-state index < -0.39 is 17.6 Å². The fourth-order valence-corrected chi connectivity index (χ4v) is 2.70. The first kappa shape index (κ1) is 23.2. The zero-order valence-electron chi connectivity index (χ0n) is 16.3. The minimum atomic E-state index is -0.751. The lowest BCUT2D eigenvalue weighted by Gasteiger charge is -2.23. The van der Waals surface area contributed by atoms with Crippen LogP contribution in [0.15, 0.2) is 18.2 Å². The summed E-state index contributed by atoms with van der Waals surface area (Å²) in [5.41, 5.74) is -0.324. The van der Waals surface area contributed by atoms with Gasteiger partial charge >= 0.3 is 5.97 Å². The lowest BCUT2D eigenvalue weighted by Crippen LogP contribution is -2.45. The molecule has 0 aliphatic carbocycles. The molecule has 1 aromatic rings. The second kappa shape index (κ2) is 9.95. The van der Waals surface area contributed by atoms with E-state index in [1.165, 1.54) is 11.0 Å². The number of rotatable bonds is 7. The number of hydrogen-bond acceptors (Lipinski definition) is 4. The number of amides is 2. The number of carbonyl (C=O) groups is 3. The third-order valence-corrected chi connectivity index (χ3v) is 4.40. The van der Waals surface area contributed by atoms with E-state index in [1.807, 2.05) is 0 Å². The van der Waals surface area contributed by atoms with Crippen LogP contribution in [-0.2, 0) is 14.3 Å². The fourth-order valence-electron chi connectivity index (χ4n) is 2.31. The topological polar surface area (TPSA) is 75.7 Å². The molecule has 1 rings (SSSR count). The summed E-state index contributed by atoms with van der Waals surface area (Å²) >= 11 is 11.9. The highest BCUT2D eigenvalue weighted by atomic mass is 35.5. The van der Waals surface area contributed by atoms with Gasteiger partial charge in [0.2, 0.25) is 5.91 Å². The first-order chi connectivity index (χ1) is 12.4. The molecule has 6 nitrogen and oxygen atoms in total. The summed E-state index contributed by atoms with van der Waals surface area (Å²) in [4.78, 5) is 37.9. The van der Waals surface area contributed by atoms with Crippen LogP contribution >= 0.6 is 23.2 Å². The Morgan fingerprint density at radius 2 is 1.85 bits per heavy atom. The first-order valence-electron chi connectivity index (χ1n) is 8.64. The van der Waals surface area contributed by atoms with Crippen molar-refractivity contribution in [3.05, 3.63) is 33.8 Å². The molecule has 0 saturated heterocycles. The molecular weight excluding hydrogens is 391 g/mol. The standard InChI is InChI=1S/C19H26Cl2N2O4/c1-12(22-17(25)13-8-6-9-14(20)16(13)21)18(26)23(5)11-7-10-15(24)27-19(2,3)4/h6,8-9,12H,7,10-11H2,1-5H3,(H,22,25). The van der Waals surface area contributed by atoms with E-state index in [9.17, 15) is 14.4 Å². The Kier molecular flexibility index (Phi) is 8.57. The molecule has 0 aliphatic heterocycles. The predicted molar refractivity (Wildman–Crippen MR) is 106 cm³/mol. The van der Waals surface area contributed by atoms with Gasteiger partial charge in [-0.1, -0.05) is 29.3 Å². The van der Waals surface area contributed by atoms with Crippen LogP contribution in [0.5, 0.6) is 0 Å². The summed E-state index contributed by atoms with van der Waals surface area (Å²) < 4.78 is 5.23. The Bertz CT molecular complexity index is 701. The molecule has 1 unspecified atom stereocenters. The second-order valence-electron chi connectivity index (χ2n) is 7.25. The Labute approximate surface area is 170 Å². The van der Waals surface area contributed by atoms with E-state index in [2.05, 4.69) is 5.32 Å². The number of hydrogen-bond donors (Lipinski definition) is 1. The number of benzene rings is 1. The number of carbonyl (C=O) groups excluding carboxylic acids is 3. The SMILES string of the molecule is CC(NC(=O)c1cccc(Cl)c1Cl)C(=O)N(C)CCCC(=O)OC(C)(C)C. The van der Waals surface area contributed by atoms with Gasteiger partial charge in [0.15, 0.2) is 0 Å². The quantitative estimate of drug-likeness (QED) is 0.687. The number of esters is 1. The van der Waals surface area contributed by atoms with Crippen LogP contribution in [-0.4, -0.2) is 47.9 Å². The average Bonchev–Trinajstić information content (AvgIpc) is 2.54. The van der Waals surface area contributed by atoms with Gasteiger partial charge < -0.3 is 15.0 Å². The molecule has 0 heterocycles. The lowest BCUT2D eigenvalue weighted by atomic mass is 10.2. The monoisotopic (exact) mass is 416 g/mol. The zero-order chi connectivity index (χ0) is 20.8. The molecule has 0 aliphatic rings. The molecule has 150 valence electrons. The van der Waals surface area contributed by atoms with Gasteiger partial charge in [0.05, 0.1) is 15.6 Å². The Hall–Kier alpha value is -1.79. The van der Waals surface area contributed by atoms with E-state index in [0.29, 0.717) is 13.0 Å². The normalized spacial score (nSPS) is 12.3. The van der Waals surface area contributed by atoms with Crippen molar-refractivity contribution < 1.29 is 19.1 Å². The third kappa shape index (κ3) is 7.77. The Morgan fingerprint density at radius 3 is 2.44 bits per heavy atom. The van der Waals surface area contributed by atoms with Gasteiger partial charge in [-0.05, 0) is 46.2 Å². The van der Waals surface area contributed by atoms with Gasteiger partial charge in [-0.3, -0.25) is 14.4 Å². The van der Waals surface area contributed by atoms with Crippen LogP contribution in [0, 0.1) is 0 Å². The maximum Gasteiger partial charge on any atom is 0.306 e. The second-order valence-corrected chi connectivity index (χ2v) is 8.03. The Balaban J connectivity index is 2.51. The highest BCUT2D eigenvalue weighted by Gasteiger charge is 2.22. The summed E-state index contributed by atoms with van der Waals surface area (Å²) in [7, 11) is 1.62. The number of halogens is 2. The maximum atomic E-state index is 12.4. The van der Waals surface area contributed by atoms with Crippen molar-refractivity contribution in [2.45, 2.75) is 52.2 Å². The smallest absolute Gasteiger partial charge is 0.306 e. The number of likely N-dealkylation sites (N-methyl/N-ethyl adjacent to an activating group) is 1. The summed E-state index contributed by atoms with van der Waals surface area (Å²) in [5, 5.41) is 3.02. The molecule has 0 aromatic heterocycles. The van der Waals surface area contributed by atoms with E-state index in [1.54, 1.807) is 46.9 Å². The summed E-state index contributed by atoms with van der Waals surface area (Å²) in [5.74, 6) is -1.06. The lowest BCUT2D eigenvalue weighted by molar-refractivity contribution is -0.155. The number of ether oxygens (including phenoxy) is 1. The van der Waals surface area contributed by atoms with Gasteiger partial charge in [0.25, 0.3) is 5.91 Å². The highest BCUT2D eigenvalue weighted by Crippen LogP contribution is 2.25. The van der Waals surface area contributed by atoms with Crippen molar-refractivity contribution in [2.75, 3.05) is 13.6 Å².